The molecule has 1 aliphatic heterocycles. The number of aromatic nitrogens is 2. The van der Waals surface area contributed by atoms with Gasteiger partial charge in [0.1, 0.15) is 0 Å². The lowest BCUT2D eigenvalue weighted by molar-refractivity contribution is 0.177. The number of aryl methyl sites for hydroxylation is 1. The first-order chi connectivity index (χ1) is 10.7. The van der Waals surface area contributed by atoms with Crippen LogP contribution in [0.1, 0.15) is 49.4 Å². The summed E-state index contributed by atoms with van der Waals surface area (Å²) in [5.41, 5.74) is 1.37. The Bertz CT molecular complexity index is 596. The van der Waals surface area contributed by atoms with Crippen molar-refractivity contribution in [3.8, 4) is 0 Å². The minimum atomic E-state index is 0.559. The Morgan fingerprint density at radius 1 is 1.32 bits per heavy atom. The third kappa shape index (κ3) is 3.87. The molecule has 0 N–H and O–H groups in total. The molecule has 1 fully saturated rings. The average molecular weight is 320 g/mol. The van der Waals surface area contributed by atoms with E-state index in [2.05, 4.69) is 34.1 Å². The maximum Gasteiger partial charge on any atom is 0.240 e. The van der Waals surface area contributed by atoms with Crippen LogP contribution in [0.4, 0.5) is 0 Å². The van der Waals surface area contributed by atoms with Crippen molar-refractivity contribution in [2.75, 3.05) is 13.1 Å². The highest BCUT2D eigenvalue weighted by Gasteiger charge is 2.22. The van der Waals surface area contributed by atoms with Gasteiger partial charge in [-0.25, -0.2) is 0 Å². The number of piperidine rings is 1. The maximum absolute atomic E-state index is 5.98. The molecule has 22 heavy (non-hydrogen) atoms. The van der Waals surface area contributed by atoms with E-state index in [4.69, 9.17) is 16.1 Å². The summed E-state index contributed by atoms with van der Waals surface area (Å²) < 4.78 is 5.36. The monoisotopic (exact) mass is 319 g/mol. The van der Waals surface area contributed by atoms with Gasteiger partial charge in [0.15, 0.2) is 5.82 Å². The van der Waals surface area contributed by atoms with Crippen molar-refractivity contribution in [3.05, 3.63) is 46.6 Å². The second kappa shape index (κ2) is 7.25. The van der Waals surface area contributed by atoms with E-state index in [1.807, 2.05) is 12.1 Å². The summed E-state index contributed by atoms with van der Waals surface area (Å²) in [6.07, 6.45) is 4.35. The van der Waals surface area contributed by atoms with E-state index in [1.54, 1.807) is 0 Å². The number of hydrogen-bond acceptors (Lipinski definition) is 4. The van der Waals surface area contributed by atoms with Crippen molar-refractivity contribution in [2.24, 2.45) is 0 Å². The van der Waals surface area contributed by atoms with Crippen LogP contribution in [0.3, 0.4) is 0 Å². The molecule has 118 valence electrons. The molecule has 1 aliphatic rings. The zero-order valence-electron chi connectivity index (χ0n) is 13.0. The Hall–Kier alpha value is -1.39. The molecule has 1 atom stereocenters. The maximum atomic E-state index is 5.98. The zero-order valence-corrected chi connectivity index (χ0v) is 13.7. The fraction of sp³-hybridized carbons (Fsp3) is 0.529. The van der Waals surface area contributed by atoms with Gasteiger partial charge in [0, 0.05) is 18.0 Å². The van der Waals surface area contributed by atoms with E-state index in [0.29, 0.717) is 5.92 Å². The molecule has 1 aromatic carbocycles. The van der Waals surface area contributed by atoms with Crippen molar-refractivity contribution >= 4 is 11.6 Å². The lowest BCUT2D eigenvalue weighted by atomic mass is 9.91. The second-order valence-electron chi connectivity index (χ2n) is 5.98. The van der Waals surface area contributed by atoms with Crippen LogP contribution in [0.5, 0.6) is 0 Å². The van der Waals surface area contributed by atoms with Crippen LogP contribution in [0.15, 0.2) is 28.8 Å². The minimum absolute atomic E-state index is 0.559. The predicted molar refractivity (Wildman–Crippen MR) is 87.0 cm³/mol. The molecule has 2 aromatic rings. The van der Waals surface area contributed by atoms with Gasteiger partial charge in [-0.05, 0) is 49.4 Å². The first-order valence-corrected chi connectivity index (χ1v) is 8.41. The van der Waals surface area contributed by atoms with Crippen LogP contribution in [0.25, 0.3) is 0 Å². The number of rotatable bonds is 5. The summed E-state index contributed by atoms with van der Waals surface area (Å²) in [6, 6.07) is 8.24. The van der Waals surface area contributed by atoms with Crippen LogP contribution < -0.4 is 0 Å². The van der Waals surface area contributed by atoms with Gasteiger partial charge in [-0.1, -0.05) is 35.8 Å². The third-order valence-electron chi connectivity index (χ3n) is 4.19. The zero-order chi connectivity index (χ0) is 15.4. The summed E-state index contributed by atoms with van der Waals surface area (Å²) in [6.45, 7) is 5.00. The Balaban J connectivity index is 1.61. The smallest absolute Gasteiger partial charge is 0.240 e. The molecule has 2 heterocycles. The Morgan fingerprint density at radius 3 is 2.91 bits per heavy atom. The van der Waals surface area contributed by atoms with E-state index in [9.17, 15) is 0 Å². The first-order valence-electron chi connectivity index (χ1n) is 8.04. The Kier molecular flexibility index (Phi) is 5.11. The summed E-state index contributed by atoms with van der Waals surface area (Å²) in [5, 5.41) is 4.83. The molecule has 1 unspecified atom stereocenters. The standard InChI is InChI=1S/C17H22ClN3O/c1-2-4-16-19-17(22-20-16)12-21-10-3-5-14(11-21)13-6-8-15(18)9-7-13/h6-9,14H,2-5,10-12H2,1H3. The topological polar surface area (TPSA) is 42.2 Å². The number of likely N-dealkylation sites (tertiary alicyclic amines) is 1. The third-order valence-corrected chi connectivity index (χ3v) is 4.44. The van der Waals surface area contributed by atoms with Crippen LogP contribution in [-0.2, 0) is 13.0 Å². The van der Waals surface area contributed by atoms with Gasteiger partial charge in [0.2, 0.25) is 5.89 Å². The first kappa shape index (κ1) is 15.5. The average Bonchev–Trinajstić information content (AvgIpc) is 2.96. The summed E-state index contributed by atoms with van der Waals surface area (Å²) >= 11 is 5.98. The fourth-order valence-corrected chi connectivity index (χ4v) is 3.20. The summed E-state index contributed by atoms with van der Waals surface area (Å²) in [5.74, 6) is 2.12. The van der Waals surface area contributed by atoms with Crippen LogP contribution in [-0.4, -0.2) is 28.1 Å². The van der Waals surface area contributed by atoms with Crippen molar-refractivity contribution < 1.29 is 4.52 Å². The molecule has 4 nitrogen and oxygen atoms in total. The fourth-order valence-electron chi connectivity index (χ4n) is 3.08. The lowest BCUT2D eigenvalue weighted by Crippen LogP contribution is -2.34. The van der Waals surface area contributed by atoms with E-state index >= 15 is 0 Å². The predicted octanol–water partition coefficient (Wildman–Crippen LogP) is 4.06. The molecular formula is C17H22ClN3O. The number of hydrogen-bond donors (Lipinski definition) is 0. The van der Waals surface area contributed by atoms with Crippen molar-refractivity contribution in [1.82, 2.24) is 15.0 Å². The number of halogens is 1. The SMILES string of the molecule is CCCc1noc(CN2CCCC(c3ccc(Cl)cc3)C2)n1. The molecule has 0 bridgehead atoms. The van der Waals surface area contributed by atoms with E-state index in [0.717, 1.165) is 49.2 Å². The van der Waals surface area contributed by atoms with Gasteiger partial charge in [-0.2, -0.15) is 4.98 Å². The van der Waals surface area contributed by atoms with Crippen molar-refractivity contribution in [1.29, 1.82) is 0 Å². The van der Waals surface area contributed by atoms with E-state index in [1.165, 1.54) is 18.4 Å². The van der Waals surface area contributed by atoms with Gasteiger partial charge < -0.3 is 4.52 Å². The molecule has 0 radical (unpaired) electrons. The minimum Gasteiger partial charge on any atom is -0.338 e. The Morgan fingerprint density at radius 2 is 2.14 bits per heavy atom. The summed E-state index contributed by atoms with van der Waals surface area (Å²) in [7, 11) is 0. The normalized spacial score (nSPS) is 19.5. The molecule has 1 aromatic heterocycles. The van der Waals surface area contributed by atoms with E-state index < -0.39 is 0 Å². The van der Waals surface area contributed by atoms with Crippen LogP contribution >= 0.6 is 11.6 Å². The van der Waals surface area contributed by atoms with Gasteiger partial charge in [-0.3, -0.25) is 4.90 Å². The van der Waals surface area contributed by atoms with E-state index in [-0.39, 0.29) is 0 Å². The summed E-state index contributed by atoms with van der Waals surface area (Å²) in [4.78, 5) is 6.88. The quantitative estimate of drug-likeness (QED) is 0.833. The van der Waals surface area contributed by atoms with Gasteiger partial charge in [0.25, 0.3) is 0 Å². The molecule has 1 saturated heterocycles. The van der Waals surface area contributed by atoms with Crippen LogP contribution in [0.2, 0.25) is 5.02 Å². The highest BCUT2D eigenvalue weighted by atomic mass is 35.5. The highest BCUT2D eigenvalue weighted by Crippen LogP contribution is 2.28. The van der Waals surface area contributed by atoms with Crippen LogP contribution in [0, 0.1) is 0 Å². The molecule has 3 rings (SSSR count). The highest BCUT2D eigenvalue weighted by molar-refractivity contribution is 6.30. The molecule has 0 saturated carbocycles. The second-order valence-corrected chi connectivity index (χ2v) is 6.42. The largest absolute Gasteiger partial charge is 0.338 e. The van der Waals surface area contributed by atoms with Gasteiger partial charge in [-0.15, -0.1) is 0 Å². The van der Waals surface area contributed by atoms with Crippen molar-refractivity contribution in [3.63, 3.8) is 0 Å². The molecule has 5 heteroatoms. The number of nitrogens with zero attached hydrogens (tertiary/aromatic N) is 3. The molecule has 0 spiro atoms. The molecule has 0 aliphatic carbocycles. The lowest BCUT2D eigenvalue weighted by Gasteiger charge is -2.32. The van der Waals surface area contributed by atoms with Gasteiger partial charge in [0.05, 0.1) is 6.54 Å². The molecule has 0 amide bonds. The molecular weight excluding hydrogens is 298 g/mol. The van der Waals surface area contributed by atoms with Gasteiger partial charge >= 0.3 is 0 Å². The van der Waals surface area contributed by atoms with Crippen molar-refractivity contribution in [2.45, 2.75) is 45.1 Å². The Labute approximate surface area is 136 Å². The number of benzene rings is 1.